The number of fused-ring (bicyclic) bond motifs is 1. The lowest BCUT2D eigenvalue weighted by Gasteiger charge is -2.47. The Morgan fingerprint density at radius 3 is 2.59 bits per heavy atom. The van der Waals surface area contributed by atoms with Crippen LogP contribution in [0, 0.1) is 22.9 Å². The molecule has 1 saturated heterocycles. The molecule has 4 rings (SSSR count). The summed E-state index contributed by atoms with van der Waals surface area (Å²) >= 11 is 0. The Labute approximate surface area is 193 Å². The number of likely N-dealkylation sites (N-methyl/N-ethyl adjacent to an activating group) is 2. The lowest BCUT2D eigenvalue weighted by molar-refractivity contribution is -0.383. The van der Waals surface area contributed by atoms with Crippen LogP contribution in [0.2, 0.25) is 0 Å². The largest absolute Gasteiger partial charge is 0.508 e. The highest BCUT2D eigenvalue weighted by Gasteiger charge is 2.53. The van der Waals surface area contributed by atoms with Crippen molar-refractivity contribution in [1.29, 1.82) is 0 Å². The van der Waals surface area contributed by atoms with Crippen LogP contribution in [0.15, 0.2) is 36.5 Å². The number of phenols is 1. The average molecular weight is 470 g/mol. The van der Waals surface area contributed by atoms with E-state index in [1.807, 2.05) is 0 Å². The van der Waals surface area contributed by atoms with Crippen molar-refractivity contribution < 1.29 is 29.1 Å². The van der Waals surface area contributed by atoms with Gasteiger partial charge >= 0.3 is 0 Å². The number of phenolic OH excluding ortho intramolecular Hbond substituents is 1. The van der Waals surface area contributed by atoms with E-state index in [1.165, 1.54) is 26.4 Å². The topological polar surface area (TPSA) is 140 Å². The van der Waals surface area contributed by atoms with Gasteiger partial charge in [0.25, 0.3) is 11.6 Å². The number of amides is 2. The number of aromatic nitrogens is 1. The van der Waals surface area contributed by atoms with Crippen LogP contribution in [0.25, 0.3) is 10.9 Å². The quantitative estimate of drug-likeness (QED) is 0.385. The molecule has 0 spiro atoms. The zero-order chi connectivity index (χ0) is 24.9. The number of aryl methyl sites for hydroxylation is 1. The molecular weight excluding hydrogens is 447 g/mol. The summed E-state index contributed by atoms with van der Waals surface area (Å²) in [5.74, 6) is -2.08. The maximum Gasteiger partial charge on any atom is 0.281 e. The van der Waals surface area contributed by atoms with Crippen LogP contribution in [0.4, 0.5) is 10.1 Å². The van der Waals surface area contributed by atoms with Gasteiger partial charge in [-0.2, -0.15) is 0 Å². The first-order valence-electron chi connectivity index (χ1n) is 10.4. The van der Waals surface area contributed by atoms with Gasteiger partial charge in [-0.25, -0.2) is 4.39 Å². The van der Waals surface area contributed by atoms with Crippen molar-refractivity contribution in [2.75, 3.05) is 14.1 Å². The average Bonchev–Trinajstić information content (AvgIpc) is 3.18. The molecule has 1 aliphatic rings. The van der Waals surface area contributed by atoms with Crippen molar-refractivity contribution >= 4 is 28.4 Å². The van der Waals surface area contributed by atoms with Crippen LogP contribution >= 0.6 is 0 Å². The molecule has 10 nitrogen and oxygen atoms in total. The predicted molar refractivity (Wildman–Crippen MR) is 119 cm³/mol. The molecule has 0 bridgehead atoms. The number of hydrogen-bond acceptors (Lipinski definition) is 6. The van der Waals surface area contributed by atoms with Crippen LogP contribution in [-0.4, -0.2) is 67.6 Å². The summed E-state index contributed by atoms with van der Waals surface area (Å²) in [6, 6.07) is 5.59. The lowest BCUT2D eigenvalue weighted by Crippen LogP contribution is -2.70. The Morgan fingerprint density at radius 1 is 1.24 bits per heavy atom. The van der Waals surface area contributed by atoms with Crippen LogP contribution in [0.5, 0.6) is 5.75 Å². The smallest absolute Gasteiger partial charge is 0.281 e. The molecule has 2 aromatic carbocycles. The SMILES string of the molecule is Cc1ccc(C[C@@]2(O)C(=O)N(C)[C@@H](Cc3c[nH]c4cc(F)cc([N+](=O)[O-])c34)C(=O)N2C)cc1O. The minimum absolute atomic E-state index is 0.00179. The number of aliphatic hydroxyl groups is 1. The Bertz CT molecular complexity index is 1340. The van der Waals surface area contributed by atoms with E-state index in [0.717, 1.165) is 21.9 Å². The number of hydrogen-bond donors (Lipinski definition) is 3. The van der Waals surface area contributed by atoms with E-state index in [1.54, 1.807) is 19.1 Å². The Hall–Kier alpha value is -3.99. The van der Waals surface area contributed by atoms with E-state index in [-0.39, 0.29) is 29.5 Å². The molecule has 1 aliphatic heterocycles. The number of aromatic hydroxyl groups is 1. The molecule has 34 heavy (non-hydrogen) atoms. The number of nitro groups is 1. The van der Waals surface area contributed by atoms with E-state index in [9.17, 15) is 34.3 Å². The number of nitrogens with zero attached hydrogens (tertiary/aromatic N) is 3. The van der Waals surface area contributed by atoms with Gasteiger partial charge in [0.1, 0.15) is 17.6 Å². The van der Waals surface area contributed by atoms with Gasteiger partial charge in [0.2, 0.25) is 11.6 Å². The van der Waals surface area contributed by atoms with E-state index in [4.69, 9.17) is 0 Å². The van der Waals surface area contributed by atoms with Crippen LogP contribution in [-0.2, 0) is 22.4 Å². The maximum atomic E-state index is 13.8. The first kappa shape index (κ1) is 23.2. The maximum absolute atomic E-state index is 13.8. The molecule has 1 aromatic heterocycles. The molecule has 0 saturated carbocycles. The van der Waals surface area contributed by atoms with Gasteiger partial charge in [-0.3, -0.25) is 19.7 Å². The number of aromatic amines is 1. The Morgan fingerprint density at radius 2 is 1.94 bits per heavy atom. The lowest BCUT2D eigenvalue weighted by atomic mass is 9.92. The van der Waals surface area contributed by atoms with Crippen molar-refractivity contribution in [2.24, 2.45) is 0 Å². The second-order valence-electron chi connectivity index (χ2n) is 8.57. The van der Waals surface area contributed by atoms with Gasteiger partial charge in [0, 0.05) is 33.1 Å². The third-order valence-electron chi connectivity index (χ3n) is 6.44. The second-order valence-corrected chi connectivity index (χ2v) is 8.57. The Kier molecular flexibility index (Phi) is 5.52. The minimum atomic E-state index is -2.18. The minimum Gasteiger partial charge on any atom is -0.508 e. The number of piperazine rings is 1. The zero-order valence-corrected chi connectivity index (χ0v) is 18.7. The van der Waals surface area contributed by atoms with E-state index in [2.05, 4.69) is 4.98 Å². The molecule has 0 aliphatic carbocycles. The molecule has 2 heterocycles. The fourth-order valence-corrected chi connectivity index (χ4v) is 4.40. The highest BCUT2D eigenvalue weighted by atomic mass is 19.1. The van der Waals surface area contributed by atoms with Gasteiger partial charge in [0.05, 0.1) is 21.9 Å². The third-order valence-corrected chi connectivity index (χ3v) is 6.44. The third kappa shape index (κ3) is 3.63. The Balaban J connectivity index is 1.67. The summed E-state index contributed by atoms with van der Waals surface area (Å²) in [5, 5.41) is 32.8. The summed E-state index contributed by atoms with van der Waals surface area (Å²) in [6.07, 6.45) is 1.12. The van der Waals surface area contributed by atoms with Crippen molar-refractivity contribution in [2.45, 2.75) is 31.5 Å². The number of carbonyl (C=O) groups is 2. The first-order valence-corrected chi connectivity index (χ1v) is 10.4. The fraction of sp³-hybridized carbons (Fsp3) is 0.304. The van der Waals surface area contributed by atoms with Crippen molar-refractivity contribution in [3.63, 3.8) is 0 Å². The molecular formula is C23H23FN4O6. The first-order chi connectivity index (χ1) is 15.9. The van der Waals surface area contributed by atoms with Crippen LogP contribution in [0.3, 0.4) is 0 Å². The normalized spacial score (nSPS) is 20.9. The van der Waals surface area contributed by atoms with Gasteiger partial charge in [-0.05, 0) is 35.7 Å². The number of benzene rings is 2. The number of halogens is 1. The summed E-state index contributed by atoms with van der Waals surface area (Å²) in [4.78, 5) is 42.1. The zero-order valence-electron chi connectivity index (χ0n) is 18.7. The highest BCUT2D eigenvalue weighted by Crippen LogP contribution is 2.34. The van der Waals surface area contributed by atoms with Gasteiger partial charge in [-0.1, -0.05) is 12.1 Å². The molecule has 1 fully saturated rings. The molecule has 0 radical (unpaired) electrons. The van der Waals surface area contributed by atoms with E-state index in [0.29, 0.717) is 16.7 Å². The van der Waals surface area contributed by atoms with Crippen molar-refractivity contribution in [1.82, 2.24) is 14.8 Å². The summed E-state index contributed by atoms with van der Waals surface area (Å²) in [7, 11) is 2.68. The molecule has 3 N–H and O–H groups in total. The van der Waals surface area contributed by atoms with Crippen molar-refractivity contribution in [3.05, 3.63) is 69.2 Å². The molecule has 2 amide bonds. The second kappa shape index (κ2) is 8.10. The monoisotopic (exact) mass is 470 g/mol. The summed E-state index contributed by atoms with van der Waals surface area (Å²) < 4.78 is 13.8. The van der Waals surface area contributed by atoms with Crippen LogP contribution in [0.1, 0.15) is 16.7 Å². The van der Waals surface area contributed by atoms with Gasteiger partial charge < -0.3 is 25.0 Å². The summed E-state index contributed by atoms with van der Waals surface area (Å²) in [6.45, 7) is 1.71. The number of H-pyrrole nitrogens is 1. The fourth-order valence-electron chi connectivity index (χ4n) is 4.40. The standard InChI is InChI=1S/C23H23FN4O6/c1-12-4-5-13(6-19(12)29)10-23(32)22(31)26(2)18(21(30)27(23)3)7-14-11-25-16-8-15(24)9-17(20(14)16)28(33)34/h4-6,8-9,11,18,25,29,32H,7,10H2,1-3H3/t18-,23+/m0/s1. The molecule has 178 valence electrons. The van der Waals surface area contributed by atoms with Crippen LogP contribution < -0.4 is 0 Å². The van der Waals surface area contributed by atoms with Crippen molar-refractivity contribution in [3.8, 4) is 5.75 Å². The van der Waals surface area contributed by atoms with Gasteiger partial charge in [0.15, 0.2) is 0 Å². The van der Waals surface area contributed by atoms with E-state index < -0.39 is 40.0 Å². The van der Waals surface area contributed by atoms with E-state index >= 15 is 0 Å². The number of nitro benzene ring substituents is 1. The predicted octanol–water partition coefficient (Wildman–Crippen LogP) is 2.00. The molecule has 11 heteroatoms. The number of rotatable bonds is 5. The molecule has 0 unspecified atom stereocenters. The molecule has 3 aromatic rings. The highest BCUT2D eigenvalue weighted by molar-refractivity contribution is 5.99. The number of non-ortho nitro benzene ring substituents is 1. The molecule has 2 atom stereocenters. The number of carbonyl (C=O) groups excluding carboxylic acids is 2. The number of nitrogens with one attached hydrogen (secondary N) is 1. The van der Waals surface area contributed by atoms with Gasteiger partial charge in [-0.15, -0.1) is 0 Å². The summed E-state index contributed by atoms with van der Waals surface area (Å²) in [5.41, 5.74) is -0.989.